The van der Waals surface area contributed by atoms with E-state index < -0.39 is 11.8 Å². The molecule has 36 heavy (non-hydrogen) atoms. The Hall–Kier alpha value is -4.19. The zero-order valence-corrected chi connectivity index (χ0v) is 18.4. The number of hydrogen-bond acceptors (Lipinski definition) is 5. The van der Waals surface area contributed by atoms with Gasteiger partial charge in [0.15, 0.2) is 0 Å². The molecule has 0 aliphatic rings. The molecule has 3 N–H and O–H groups in total. The first-order valence-corrected chi connectivity index (χ1v) is 10.8. The number of rotatable bonds is 6. The zero-order valence-electron chi connectivity index (χ0n) is 18.4. The van der Waals surface area contributed by atoms with E-state index in [-0.39, 0.29) is 47.8 Å². The fourth-order valence-electron chi connectivity index (χ4n) is 3.99. The molecule has 5 rings (SSSR count). The monoisotopic (exact) mass is 477 g/mol. The molecule has 0 amide bonds. The second-order valence-corrected chi connectivity index (χ2v) is 8.08. The van der Waals surface area contributed by atoms with Crippen LogP contribution in [0.25, 0.3) is 22.3 Å². The van der Waals surface area contributed by atoms with E-state index in [2.05, 4.69) is 10.1 Å². The number of para-hydroxylation sites is 2. The molecule has 0 spiro atoms. The van der Waals surface area contributed by atoms with Gasteiger partial charge in [0.1, 0.15) is 5.82 Å². The second-order valence-electron chi connectivity index (χ2n) is 8.08. The molecular weight excluding hydrogens is 456 g/mol. The van der Waals surface area contributed by atoms with E-state index in [4.69, 9.17) is 5.73 Å². The van der Waals surface area contributed by atoms with E-state index in [0.717, 1.165) is 16.6 Å². The van der Waals surface area contributed by atoms with Crippen LogP contribution in [0.15, 0.2) is 83.7 Å². The summed E-state index contributed by atoms with van der Waals surface area (Å²) in [5, 5.41) is 13.6. The average Bonchev–Trinajstić information content (AvgIpc) is 3.17. The molecule has 0 aliphatic carbocycles. The Morgan fingerprint density at radius 3 is 2.53 bits per heavy atom. The number of hydrogen-bond donors (Lipinski definition) is 2. The molecule has 0 aliphatic heterocycles. The van der Waals surface area contributed by atoms with Gasteiger partial charge >= 0.3 is 24.8 Å². The number of aromatic nitrogens is 4. The zero-order chi connectivity index (χ0) is 24.5. The topological polar surface area (TPSA) is 116 Å². The molecule has 0 saturated heterocycles. The number of carboxylic acids is 1. The van der Waals surface area contributed by atoms with Crippen LogP contribution in [-0.2, 0) is 13.1 Å². The number of nitrogens with two attached hydrogens (primary N) is 1. The molecule has 3 aromatic carbocycles. The number of fused-ring (bicyclic) bond motifs is 1. The van der Waals surface area contributed by atoms with Gasteiger partial charge in [-0.2, -0.15) is 5.10 Å². The fourth-order valence-corrected chi connectivity index (χ4v) is 3.99. The number of benzene rings is 3. The SMILES string of the molecule is Nc1nc2ccccc2n1Cc1ccc(F)c(-c2ccc(=O)n(Cc3cccc(C(=O)O)c3)n2)c1.[LiH]. The van der Waals surface area contributed by atoms with Crippen LogP contribution in [-0.4, -0.2) is 49.3 Å². The van der Waals surface area contributed by atoms with Crippen molar-refractivity contribution in [2.75, 3.05) is 5.73 Å². The van der Waals surface area contributed by atoms with Crippen molar-refractivity contribution in [3.8, 4) is 11.3 Å². The fraction of sp³-hybridized carbons (Fsp3) is 0.0769. The summed E-state index contributed by atoms with van der Waals surface area (Å²) < 4.78 is 17.9. The van der Waals surface area contributed by atoms with Crippen LogP contribution in [0.3, 0.4) is 0 Å². The van der Waals surface area contributed by atoms with Crippen molar-refractivity contribution >= 4 is 41.8 Å². The number of aromatic carboxylic acids is 1. The molecular formula is C26H21FLiN5O3. The minimum absolute atomic E-state index is 0. The Morgan fingerprint density at radius 2 is 1.72 bits per heavy atom. The van der Waals surface area contributed by atoms with Crippen molar-refractivity contribution in [2.45, 2.75) is 13.1 Å². The van der Waals surface area contributed by atoms with Crippen molar-refractivity contribution in [3.05, 3.63) is 112 Å². The van der Waals surface area contributed by atoms with Gasteiger partial charge in [-0.25, -0.2) is 18.9 Å². The molecule has 0 atom stereocenters. The van der Waals surface area contributed by atoms with Gasteiger partial charge in [0.25, 0.3) is 5.56 Å². The van der Waals surface area contributed by atoms with Gasteiger partial charge < -0.3 is 15.4 Å². The van der Waals surface area contributed by atoms with Gasteiger partial charge in [-0.3, -0.25) is 4.79 Å². The second kappa shape index (κ2) is 10.2. The molecule has 8 nitrogen and oxygen atoms in total. The Morgan fingerprint density at radius 1 is 0.944 bits per heavy atom. The van der Waals surface area contributed by atoms with E-state index in [0.29, 0.717) is 18.1 Å². The summed E-state index contributed by atoms with van der Waals surface area (Å²) in [6.45, 7) is 0.425. The van der Waals surface area contributed by atoms with Crippen LogP contribution < -0.4 is 11.3 Å². The normalized spacial score (nSPS) is 10.8. The number of nitrogen functional groups attached to an aromatic ring is 1. The first-order valence-electron chi connectivity index (χ1n) is 10.8. The standard InChI is InChI=1S/C26H20FN5O3.Li.H/c27-20-9-8-17(14-31-23-7-2-1-6-22(23)29-26(31)28)13-19(20)21-10-11-24(33)32(30-21)15-16-4-3-5-18(12-16)25(34)35;;/h1-13H,14-15H2,(H2,28,29)(H,34,35);;. The van der Waals surface area contributed by atoms with Crippen LogP contribution in [0.4, 0.5) is 10.3 Å². The van der Waals surface area contributed by atoms with Crippen molar-refractivity contribution in [1.29, 1.82) is 0 Å². The van der Waals surface area contributed by atoms with Crippen LogP contribution in [0.2, 0.25) is 0 Å². The molecule has 0 saturated carbocycles. The number of imidazole rings is 1. The molecule has 0 bridgehead atoms. The Balaban J connectivity index is 0.00000304. The van der Waals surface area contributed by atoms with E-state index in [9.17, 15) is 19.1 Å². The van der Waals surface area contributed by atoms with Gasteiger partial charge in [0.2, 0.25) is 5.95 Å². The number of carbonyl (C=O) groups is 1. The van der Waals surface area contributed by atoms with Gasteiger partial charge in [0, 0.05) is 11.6 Å². The quantitative estimate of drug-likeness (QED) is 0.363. The summed E-state index contributed by atoms with van der Waals surface area (Å²) in [5.74, 6) is -1.19. The first kappa shape index (κ1) is 24.9. The van der Waals surface area contributed by atoms with E-state index in [1.54, 1.807) is 24.3 Å². The summed E-state index contributed by atoms with van der Waals surface area (Å²) >= 11 is 0. The molecule has 176 valence electrons. The third-order valence-electron chi connectivity index (χ3n) is 5.70. The predicted octanol–water partition coefficient (Wildman–Crippen LogP) is 3.13. The van der Waals surface area contributed by atoms with Gasteiger partial charge in [-0.05, 0) is 53.6 Å². The van der Waals surface area contributed by atoms with Crippen molar-refractivity contribution < 1.29 is 14.3 Å². The molecule has 2 heterocycles. The molecule has 2 aromatic heterocycles. The minimum atomic E-state index is -1.06. The summed E-state index contributed by atoms with van der Waals surface area (Å²) in [7, 11) is 0. The van der Waals surface area contributed by atoms with Gasteiger partial charge in [-0.15, -0.1) is 0 Å². The maximum absolute atomic E-state index is 14.8. The third kappa shape index (κ3) is 4.93. The number of halogens is 1. The molecule has 10 heteroatoms. The summed E-state index contributed by atoms with van der Waals surface area (Å²) in [6.07, 6.45) is 0. The molecule has 0 unspecified atom stereocenters. The van der Waals surface area contributed by atoms with Crippen molar-refractivity contribution in [1.82, 2.24) is 19.3 Å². The van der Waals surface area contributed by atoms with Gasteiger partial charge in [0.05, 0.1) is 35.4 Å². The number of carboxylic acid groups (broad SMARTS) is 1. The Labute approximate surface area is 217 Å². The summed E-state index contributed by atoms with van der Waals surface area (Å²) in [6, 6.07) is 21.3. The first-order chi connectivity index (χ1) is 16.9. The molecule has 0 radical (unpaired) electrons. The molecule has 5 aromatic rings. The summed E-state index contributed by atoms with van der Waals surface area (Å²) in [5.41, 5.74) is 9.36. The third-order valence-corrected chi connectivity index (χ3v) is 5.70. The van der Waals surface area contributed by atoms with Crippen molar-refractivity contribution in [2.24, 2.45) is 0 Å². The Bertz CT molecular complexity index is 1650. The van der Waals surface area contributed by atoms with Crippen LogP contribution in [0.1, 0.15) is 21.5 Å². The van der Waals surface area contributed by atoms with E-state index in [1.807, 2.05) is 28.8 Å². The summed E-state index contributed by atoms with van der Waals surface area (Å²) in [4.78, 5) is 28.0. The number of nitrogens with zero attached hydrogens (tertiary/aromatic N) is 4. The van der Waals surface area contributed by atoms with Gasteiger partial charge in [-0.1, -0.05) is 30.3 Å². The van der Waals surface area contributed by atoms with Crippen LogP contribution in [0.5, 0.6) is 0 Å². The predicted molar refractivity (Wildman–Crippen MR) is 137 cm³/mol. The Kier molecular flexibility index (Phi) is 7.06. The van der Waals surface area contributed by atoms with Crippen LogP contribution >= 0.6 is 0 Å². The molecule has 0 fully saturated rings. The van der Waals surface area contributed by atoms with E-state index >= 15 is 0 Å². The van der Waals surface area contributed by atoms with Crippen LogP contribution in [0, 0.1) is 5.82 Å². The maximum atomic E-state index is 14.8. The van der Waals surface area contributed by atoms with Crippen molar-refractivity contribution in [3.63, 3.8) is 0 Å². The van der Waals surface area contributed by atoms with E-state index in [1.165, 1.54) is 35.0 Å². The average molecular weight is 477 g/mol. The number of anilines is 1.